The fourth-order valence-corrected chi connectivity index (χ4v) is 6.49. The molecule has 2 aliphatic heterocycles. The summed E-state index contributed by atoms with van der Waals surface area (Å²) in [5.41, 5.74) is 3.38. The van der Waals surface area contributed by atoms with Gasteiger partial charge in [0, 0.05) is 25.8 Å². The molecule has 2 aromatic rings. The third kappa shape index (κ3) is 6.23. The number of nitrogens with zero attached hydrogens (tertiary/aromatic N) is 2. The minimum atomic E-state index is -3.38. The van der Waals surface area contributed by atoms with E-state index in [0.29, 0.717) is 43.1 Å². The summed E-state index contributed by atoms with van der Waals surface area (Å²) in [5.74, 6) is 0.512. The highest BCUT2D eigenvalue weighted by molar-refractivity contribution is 7.88. The summed E-state index contributed by atoms with van der Waals surface area (Å²) >= 11 is 0. The highest BCUT2D eigenvalue weighted by Gasteiger charge is 2.38. The molecule has 2 aromatic carbocycles. The van der Waals surface area contributed by atoms with Gasteiger partial charge in [0.15, 0.2) is 0 Å². The first-order valence-electron chi connectivity index (χ1n) is 12.4. The Morgan fingerprint density at radius 2 is 1.69 bits per heavy atom. The van der Waals surface area contributed by atoms with E-state index in [1.807, 2.05) is 50.2 Å². The van der Waals surface area contributed by atoms with Crippen LogP contribution in [0, 0.1) is 13.8 Å². The molecule has 0 spiro atoms. The van der Waals surface area contributed by atoms with Crippen LogP contribution in [0.25, 0.3) is 0 Å². The van der Waals surface area contributed by atoms with Crippen LogP contribution in [-0.4, -0.2) is 69.0 Å². The molecule has 0 bridgehead atoms. The molecule has 0 saturated carbocycles. The second kappa shape index (κ2) is 11.1. The Labute approximate surface area is 209 Å². The standard InChI is InChI=1S/C27H36N2O5S/c1-20-11-12-21(2)24(15-20)27(30)28-17-25(33-3)26(18-28)34-23-10-8-9-22(16-23)19-35(31,32)29-13-6-4-5-7-14-29/h8-12,15-16,25-26H,4-7,13-14,17-19H2,1-3H3. The molecule has 8 heteroatoms. The van der Waals surface area contributed by atoms with Crippen molar-refractivity contribution in [3.05, 3.63) is 64.7 Å². The fraction of sp³-hybridized carbons (Fsp3) is 0.519. The van der Waals surface area contributed by atoms with Crippen LogP contribution in [0.4, 0.5) is 0 Å². The molecule has 2 aliphatic rings. The minimum absolute atomic E-state index is 0.0309. The minimum Gasteiger partial charge on any atom is -0.486 e. The van der Waals surface area contributed by atoms with Gasteiger partial charge in [-0.2, -0.15) is 0 Å². The lowest BCUT2D eigenvalue weighted by atomic mass is 10.0. The lowest BCUT2D eigenvalue weighted by Gasteiger charge is -2.21. The Morgan fingerprint density at radius 3 is 2.40 bits per heavy atom. The summed E-state index contributed by atoms with van der Waals surface area (Å²) in [6, 6.07) is 13.1. The molecule has 2 fully saturated rings. The average molecular weight is 501 g/mol. The molecule has 4 rings (SSSR count). The van der Waals surface area contributed by atoms with Crippen molar-refractivity contribution < 1.29 is 22.7 Å². The van der Waals surface area contributed by atoms with Crippen molar-refractivity contribution in [1.82, 2.24) is 9.21 Å². The number of hydrogen-bond donors (Lipinski definition) is 0. The lowest BCUT2D eigenvalue weighted by molar-refractivity contribution is 0.0339. The number of ether oxygens (including phenoxy) is 2. The highest BCUT2D eigenvalue weighted by atomic mass is 32.2. The van der Waals surface area contributed by atoms with E-state index in [4.69, 9.17) is 9.47 Å². The molecule has 2 atom stereocenters. The van der Waals surface area contributed by atoms with Crippen molar-refractivity contribution >= 4 is 15.9 Å². The number of rotatable bonds is 7. The maximum absolute atomic E-state index is 13.2. The number of carbonyl (C=O) groups excluding carboxylic acids is 1. The average Bonchev–Trinajstić information content (AvgIpc) is 3.03. The molecular weight excluding hydrogens is 464 g/mol. The van der Waals surface area contributed by atoms with Crippen LogP contribution in [0.5, 0.6) is 5.75 Å². The zero-order valence-corrected chi connectivity index (χ0v) is 21.7. The number of carbonyl (C=O) groups is 1. The first kappa shape index (κ1) is 25.7. The van der Waals surface area contributed by atoms with Gasteiger partial charge in [0.1, 0.15) is 18.0 Å². The molecular formula is C27H36N2O5S. The molecule has 2 saturated heterocycles. The van der Waals surface area contributed by atoms with Crippen LogP contribution < -0.4 is 4.74 Å². The van der Waals surface area contributed by atoms with Gasteiger partial charge in [-0.3, -0.25) is 4.79 Å². The molecule has 190 valence electrons. The lowest BCUT2D eigenvalue weighted by Crippen LogP contribution is -2.33. The summed E-state index contributed by atoms with van der Waals surface area (Å²) in [6.45, 7) is 5.96. The van der Waals surface area contributed by atoms with Gasteiger partial charge in [0.05, 0.1) is 18.8 Å². The molecule has 2 unspecified atom stereocenters. The first-order valence-corrected chi connectivity index (χ1v) is 14.0. The predicted molar refractivity (Wildman–Crippen MR) is 136 cm³/mol. The van der Waals surface area contributed by atoms with E-state index >= 15 is 0 Å². The SMILES string of the molecule is COC1CN(C(=O)c2cc(C)ccc2C)CC1Oc1cccc(CS(=O)(=O)N2CCCCCC2)c1. The van der Waals surface area contributed by atoms with Crippen LogP contribution in [-0.2, 0) is 20.5 Å². The molecule has 0 aliphatic carbocycles. The van der Waals surface area contributed by atoms with Crippen molar-refractivity contribution in [2.24, 2.45) is 0 Å². The van der Waals surface area contributed by atoms with Crippen LogP contribution in [0.15, 0.2) is 42.5 Å². The van der Waals surface area contributed by atoms with E-state index in [-0.39, 0.29) is 23.9 Å². The maximum Gasteiger partial charge on any atom is 0.254 e. The molecule has 35 heavy (non-hydrogen) atoms. The first-order chi connectivity index (χ1) is 16.8. The van der Waals surface area contributed by atoms with Crippen molar-refractivity contribution in [1.29, 1.82) is 0 Å². The molecule has 7 nitrogen and oxygen atoms in total. The molecule has 0 N–H and O–H groups in total. The van der Waals surface area contributed by atoms with Crippen LogP contribution in [0.3, 0.4) is 0 Å². The Bertz CT molecular complexity index is 1140. The molecule has 1 amide bonds. The van der Waals surface area contributed by atoms with E-state index < -0.39 is 10.0 Å². The van der Waals surface area contributed by atoms with E-state index in [1.165, 1.54) is 0 Å². The quantitative estimate of drug-likeness (QED) is 0.576. The fourth-order valence-electron chi connectivity index (χ4n) is 4.89. The van der Waals surface area contributed by atoms with Gasteiger partial charge in [-0.05, 0) is 56.0 Å². The Hall–Kier alpha value is -2.42. The monoisotopic (exact) mass is 500 g/mol. The zero-order chi connectivity index (χ0) is 25.0. The van der Waals surface area contributed by atoms with Gasteiger partial charge in [-0.1, -0.05) is 42.7 Å². The van der Waals surface area contributed by atoms with Crippen molar-refractivity contribution in [3.63, 3.8) is 0 Å². The van der Waals surface area contributed by atoms with Crippen molar-refractivity contribution in [3.8, 4) is 5.75 Å². The predicted octanol–water partition coefficient (Wildman–Crippen LogP) is 3.93. The number of methoxy groups -OCH3 is 1. The second-order valence-electron chi connectivity index (χ2n) is 9.68. The molecule has 0 radical (unpaired) electrons. The van der Waals surface area contributed by atoms with Gasteiger partial charge in [-0.25, -0.2) is 12.7 Å². The molecule has 0 aromatic heterocycles. The number of aryl methyl sites for hydroxylation is 2. The van der Waals surface area contributed by atoms with E-state index in [0.717, 1.165) is 36.8 Å². The summed E-state index contributed by atoms with van der Waals surface area (Å²) in [7, 11) is -1.76. The smallest absolute Gasteiger partial charge is 0.254 e. The number of sulfonamides is 1. The summed E-state index contributed by atoms with van der Waals surface area (Å²) < 4.78 is 39.5. The number of amides is 1. The van der Waals surface area contributed by atoms with Crippen molar-refractivity contribution in [2.75, 3.05) is 33.3 Å². The summed E-state index contributed by atoms with van der Waals surface area (Å²) in [6.07, 6.45) is 3.39. The molecule has 2 heterocycles. The second-order valence-corrected chi connectivity index (χ2v) is 11.6. The largest absolute Gasteiger partial charge is 0.486 e. The topological polar surface area (TPSA) is 76.1 Å². The summed E-state index contributed by atoms with van der Waals surface area (Å²) in [5, 5.41) is 0. The Kier molecular flexibility index (Phi) is 8.14. The number of likely N-dealkylation sites (tertiary alicyclic amines) is 1. The number of hydrogen-bond acceptors (Lipinski definition) is 5. The normalized spacial score (nSPS) is 21.6. The van der Waals surface area contributed by atoms with Crippen molar-refractivity contribution in [2.45, 2.75) is 57.5 Å². The summed E-state index contributed by atoms with van der Waals surface area (Å²) in [4.78, 5) is 15.0. The zero-order valence-electron chi connectivity index (χ0n) is 20.9. The Balaban J connectivity index is 1.44. The van der Waals surface area contributed by atoms with Crippen LogP contribution in [0.2, 0.25) is 0 Å². The van der Waals surface area contributed by atoms with E-state index in [9.17, 15) is 13.2 Å². The maximum atomic E-state index is 13.2. The number of benzene rings is 2. The van der Waals surface area contributed by atoms with Gasteiger partial charge in [0.25, 0.3) is 5.91 Å². The third-order valence-electron chi connectivity index (χ3n) is 6.92. The Morgan fingerprint density at radius 1 is 0.971 bits per heavy atom. The highest BCUT2D eigenvalue weighted by Crippen LogP contribution is 2.25. The van der Waals surface area contributed by atoms with Crippen LogP contribution in [0.1, 0.15) is 52.7 Å². The van der Waals surface area contributed by atoms with Gasteiger partial charge < -0.3 is 14.4 Å². The van der Waals surface area contributed by atoms with E-state index in [2.05, 4.69) is 0 Å². The van der Waals surface area contributed by atoms with Gasteiger partial charge >= 0.3 is 0 Å². The van der Waals surface area contributed by atoms with Crippen LogP contribution >= 0.6 is 0 Å². The van der Waals surface area contributed by atoms with Gasteiger partial charge in [-0.15, -0.1) is 0 Å². The van der Waals surface area contributed by atoms with Gasteiger partial charge in [0.2, 0.25) is 10.0 Å². The van der Waals surface area contributed by atoms with E-state index in [1.54, 1.807) is 22.4 Å². The third-order valence-corrected chi connectivity index (χ3v) is 8.77.